The van der Waals surface area contributed by atoms with E-state index in [2.05, 4.69) is 51.4 Å². The van der Waals surface area contributed by atoms with Crippen molar-refractivity contribution >= 4 is 39.5 Å². The zero-order valence-electron chi connectivity index (χ0n) is 18.0. The van der Waals surface area contributed by atoms with Crippen LogP contribution in [0.25, 0.3) is 22.4 Å². The first-order chi connectivity index (χ1) is 15.8. The molecule has 6 rings (SSSR count). The first-order valence-corrected chi connectivity index (χ1v) is 12.3. The topological polar surface area (TPSA) is 59.7 Å². The molecule has 0 radical (unpaired) electrons. The van der Waals surface area contributed by atoms with E-state index in [1.165, 1.54) is 35.1 Å². The van der Waals surface area contributed by atoms with Gasteiger partial charge in [0.15, 0.2) is 5.82 Å². The van der Waals surface area contributed by atoms with Gasteiger partial charge in [0.1, 0.15) is 23.3 Å². The Morgan fingerprint density at radius 1 is 0.969 bits per heavy atom. The lowest BCUT2D eigenvalue weighted by molar-refractivity contribution is 0.365. The number of rotatable bonds is 4. The Morgan fingerprint density at radius 2 is 1.81 bits per heavy atom. The van der Waals surface area contributed by atoms with Gasteiger partial charge in [-0.3, -0.25) is 0 Å². The molecule has 0 N–H and O–H groups in total. The second-order valence-corrected chi connectivity index (χ2v) is 9.72. The first-order valence-electron chi connectivity index (χ1n) is 11.5. The number of hydrogen-bond acceptors (Lipinski definition) is 6. The number of nitrogens with zero attached hydrogens (tertiary/aromatic N) is 6. The number of fused-ring (bicyclic) bond motifs is 3. The largest absolute Gasteiger partial charge is 0.356 e. The van der Waals surface area contributed by atoms with E-state index in [0.29, 0.717) is 6.04 Å². The van der Waals surface area contributed by atoms with Crippen molar-refractivity contribution in [2.24, 2.45) is 0 Å². The number of hydrogen-bond donors (Lipinski definition) is 0. The predicted molar refractivity (Wildman–Crippen MR) is 130 cm³/mol. The van der Waals surface area contributed by atoms with Crippen molar-refractivity contribution in [3.05, 3.63) is 64.8 Å². The lowest BCUT2D eigenvalue weighted by atomic mass is 9.96. The number of aromatic nitrogens is 5. The van der Waals surface area contributed by atoms with Gasteiger partial charge >= 0.3 is 0 Å². The van der Waals surface area contributed by atoms with Crippen molar-refractivity contribution in [2.75, 3.05) is 18.0 Å². The van der Waals surface area contributed by atoms with Crippen molar-refractivity contribution in [3.8, 4) is 0 Å². The minimum Gasteiger partial charge on any atom is -0.356 e. The van der Waals surface area contributed by atoms with Crippen LogP contribution in [0.5, 0.6) is 0 Å². The van der Waals surface area contributed by atoms with Gasteiger partial charge in [0.2, 0.25) is 0 Å². The molecule has 2 aliphatic rings. The minimum absolute atomic E-state index is 0.417. The lowest BCUT2D eigenvalue weighted by Gasteiger charge is -2.33. The Hall–Kier alpha value is -3.06. The van der Waals surface area contributed by atoms with Crippen LogP contribution in [0.2, 0.25) is 0 Å². The van der Waals surface area contributed by atoms with Gasteiger partial charge in [-0.2, -0.15) is 5.10 Å². The summed E-state index contributed by atoms with van der Waals surface area (Å²) < 4.78 is 2.01. The Morgan fingerprint density at radius 3 is 2.62 bits per heavy atom. The van der Waals surface area contributed by atoms with E-state index in [4.69, 9.17) is 9.97 Å². The van der Waals surface area contributed by atoms with Gasteiger partial charge in [0, 0.05) is 18.0 Å². The molecular weight excluding hydrogens is 416 g/mol. The highest BCUT2D eigenvalue weighted by Crippen LogP contribution is 2.41. The van der Waals surface area contributed by atoms with Gasteiger partial charge in [-0.15, -0.1) is 11.3 Å². The normalized spacial score (nSPS) is 17.3. The van der Waals surface area contributed by atoms with Crippen molar-refractivity contribution in [2.45, 2.75) is 44.6 Å². The molecule has 4 heterocycles. The SMILES string of the molecule is C(=C/c1nc(N2CCC(n3cncn3)CC2)c2c3c(sc2n1)CCCC3)/c1ccccc1. The summed E-state index contributed by atoms with van der Waals surface area (Å²) in [5.74, 6) is 1.92. The summed E-state index contributed by atoms with van der Waals surface area (Å²) >= 11 is 1.88. The van der Waals surface area contributed by atoms with Crippen LogP contribution in [0.4, 0.5) is 5.82 Å². The molecule has 1 aromatic carbocycles. The van der Waals surface area contributed by atoms with Crippen LogP contribution in [0.1, 0.15) is 53.6 Å². The molecule has 1 aliphatic carbocycles. The Bertz CT molecular complexity index is 1240. The number of anilines is 1. The predicted octanol–water partition coefficient (Wildman–Crippen LogP) is 5.17. The standard InChI is InChI=1S/C25H26N6S/c1-2-6-18(7-3-1)10-11-22-28-24(23-20-8-4-5-9-21(20)32-25(23)29-22)30-14-12-19(13-15-30)31-17-26-16-27-31/h1-3,6-7,10-11,16-17,19H,4-5,8-9,12-15H2/b11-10-. The number of piperidine rings is 1. The van der Waals surface area contributed by atoms with Gasteiger partial charge in [-0.25, -0.2) is 19.6 Å². The summed E-state index contributed by atoms with van der Waals surface area (Å²) in [4.78, 5) is 19.3. The Balaban J connectivity index is 1.37. The molecule has 6 nitrogen and oxygen atoms in total. The van der Waals surface area contributed by atoms with Gasteiger partial charge < -0.3 is 4.90 Å². The maximum Gasteiger partial charge on any atom is 0.155 e. The van der Waals surface area contributed by atoms with Crippen LogP contribution >= 0.6 is 11.3 Å². The summed E-state index contributed by atoms with van der Waals surface area (Å²) in [7, 11) is 0. The summed E-state index contributed by atoms with van der Waals surface area (Å²) in [6.07, 6.45) is 14.6. The molecule has 0 atom stereocenters. The highest BCUT2D eigenvalue weighted by Gasteiger charge is 2.27. The summed E-state index contributed by atoms with van der Waals surface area (Å²) in [6, 6.07) is 10.8. The lowest BCUT2D eigenvalue weighted by Crippen LogP contribution is -2.35. The summed E-state index contributed by atoms with van der Waals surface area (Å²) in [5, 5.41) is 5.66. The molecule has 1 saturated heterocycles. The van der Waals surface area contributed by atoms with E-state index < -0.39 is 0 Å². The molecule has 4 aromatic rings. The first kappa shape index (κ1) is 19.6. The fourth-order valence-corrected chi connectivity index (χ4v) is 6.20. The van der Waals surface area contributed by atoms with Crippen LogP contribution in [0.3, 0.4) is 0 Å². The highest BCUT2D eigenvalue weighted by molar-refractivity contribution is 7.19. The molecule has 32 heavy (non-hydrogen) atoms. The maximum atomic E-state index is 5.11. The molecule has 0 spiro atoms. The van der Waals surface area contributed by atoms with Crippen LogP contribution in [-0.4, -0.2) is 37.8 Å². The van der Waals surface area contributed by atoms with E-state index in [-0.39, 0.29) is 0 Å². The third-order valence-electron chi connectivity index (χ3n) is 6.61. The number of aryl methyl sites for hydroxylation is 2. The van der Waals surface area contributed by atoms with E-state index in [1.807, 2.05) is 28.4 Å². The molecule has 0 unspecified atom stereocenters. The zero-order chi connectivity index (χ0) is 21.3. The summed E-state index contributed by atoms with van der Waals surface area (Å²) in [6.45, 7) is 1.95. The molecular formula is C25H26N6S. The molecule has 3 aromatic heterocycles. The summed E-state index contributed by atoms with van der Waals surface area (Å²) in [5.41, 5.74) is 2.67. The van der Waals surface area contributed by atoms with Gasteiger partial charge in [-0.05, 0) is 55.7 Å². The van der Waals surface area contributed by atoms with Crippen LogP contribution < -0.4 is 4.90 Å². The van der Waals surface area contributed by atoms with E-state index >= 15 is 0 Å². The average Bonchev–Trinajstić information content (AvgIpc) is 3.51. The van der Waals surface area contributed by atoms with Crippen molar-refractivity contribution in [1.82, 2.24) is 24.7 Å². The van der Waals surface area contributed by atoms with Crippen molar-refractivity contribution < 1.29 is 0 Å². The van der Waals surface area contributed by atoms with Crippen molar-refractivity contribution in [3.63, 3.8) is 0 Å². The van der Waals surface area contributed by atoms with Crippen LogP contribution in [-0.2, 0) is 12.8 Å². The fourth-order valence-electron chi connectivity index (χ4n) is 4.94. The molecule has 0 saturated carbocycles. The maximum absolute atomic E-state index is 5.11. The average molecular weight is 443 g/mol. The molecule has 1 fully saturated rings. The fraction of sp³-hybridized carbons (Fsp3) is 0.360. The number of thiophene rings is 1. The van der Waals surface area contributed by atoms with Gasteiger partial charge in [-0.1, -0.05) is 36.4 Å². The quantitative estimate of drug-likeness (QED) is 0.436. The molecule has 0 amide bonds. The van der Waals surface area contributed by atoms with Gasteiger partial charge in [0.25, 0.3) is 0 Å². The van der Waals surface area contributed by atoms with Crippen molar-refractivity contribution in [1.29, 1.82) is 0 Å². The Labute approximate surface area is 191 Å². The zero-order valence-corrected chi connectivity index (χ0v) is 18.8. The smallest absolute Gasteiger partial charge is 0.155 e. The minimum atomic E-state index is 0.417. The van der Waals surface area contributed by atoms with Crippen LogP contribution in [0, 0.1) is 0 Å². The van der Waals surface area contributed by atoms with E-state index in [0.717, 1.165) is 54.4 Å². The third-order valence-corrected chi connectivity index (χ3v) is 7.80. The molecule has 7 heteroatoms. The van der Waals surface area contributed by atoms with E-state index in [9.17, 15) is 0 Å². The van der Waals surface area contributed by atoms with Gasteiger partial charge in [0.05, 0.1) is 11.4 Å². The Kier molecular flexibility index (Phi) is 5.19. The number of benzene rings is 1. The molecule has 162 valence electrons. The second kappa shape index (κ2) is 8.47. The molecule has 0 bridgehead atoms. The third kappa shape index (κ3) is 3.71. The monoisotopic (exact) mass is 442 g/mol. The second-order valence-electron chi connectivity index (χ2n) is 8.63. The highest BCUT2D eigenvalue weighted by atomic mass is 32.1. The molecule has 1 aliphatic heterocycles. The van der Waals surface area contributed by atoms with Crippen LogP contribution in [0.15, 0.2) is 43.0 Å². The van der Waals surface area contributed by atoms with E-state index in [1.54, 1.807) is 6.33 Å².